The molecule has 1 amide bonds. The molecule has 0 aliphatic rings. The lowest BCUT2D eigenvalue weighted by Crippen LogP contribution is -2.27. The maximum Gasteiger partial charge on any atom is 0.251 e. The molecule has 1 atom stereocenters. The van der Waals surface area contributed by atoms with Crippen LogP contribution in [0, 0.1) is 6.92 Å². The van der Waals surface area contributed by atoms with Crippen LogP contribution in [0.5, 0.6) is 0 Å². The summed E-state index contributed by atoms with van der Waals surface area (Å²) in [5.74, 6) is 0.208. The minimum Gasteiger partial charge on any atom is -0.342 e. The van der Waals surface area contributed by atoms with Gasteiger partial charge in [0.1, 0.15) is 0 Å². The number of hydrogen-bond donors (Lipinski definition) is 2. The summed E-state index contributed by atoms with van der Waals surface area (Å²) in [6.07, 6.45) is 0. The van der Waals surface area contributed by atoms with Gasteiger partial charge in [0.25, 0.3) is 5.91 Å². The first kappa shape index (κ1) is 12.5. The second-order valence-electron chi connectivity index (χ2n) is 3.98. The van der Waals surface area contributed by atoms with Crippen LogP contribution >= 0.6 is 11.6 Å². The number of aromatic amines is 1. The average molecular weight is 266 g/mol. The Hall–Kier alpha value is -1.95. The predicted octanol–water partition coefficient (Wildman–Crippen LogP) is 1.65. The van der Waals surface area contributed by atoms with Gasteiger partial charge in [-0.15, -0.1) is 10.2 Å². The van der Waals surface area contributed by atoms with Crippen molar-refractivity contribution in [2.75, 3.05) is 0 Å². The molecule has 1 heterocycles. The van der Waals surface area contributed by atoms with Gasteiger partial charge in [0, 0.05) is 10.6 Å². The molecule has 0 bridgehead atoms. The topological polar surface area (TPSA) is 83.6 Å². The van der Waals surface area contributed by atoms with Crippen molar-refractivity contribution in [1.82, 2.24) is 25.9 Å². The summed E-state index contributed by atoms with van der Waals surface area (Å²) in [4.78, 5) is 12.0. The minimum absolute atomic E-state index is 0.224. The Kier molecular flexibility index (Phi) is 3.57. The van der Waals surface area contributed by atoms with Gasteiger partial charge in [-0.05, 0) is 37.6 Å². The molecule has 0 radical (unpaired) electrons. The van der Waals surface area contributed by atoms with Crippen LogP contribution in [0.1, 0.15) is 34.7 Å². The van der Waals surface area contributed by atoms with Gasteiger partial charge in [-0.25, -0.2) is 0 Å². The molecule has 0 aliphatic heterocycles. The van der Waals surface area contributed by atoms with Crippen LogP contribution in [0.15, 0.2) is 18.2 Å². The first-order valence-electron chi connectivity index (χ1n) is 5.37. The van der Waals surface area contributed by atoms with Crippen LogP contribution in [0.25, 0.3) is 0 Å². The second kappa shape index (κ2) is 5.14. The molecule has 0 spiro atoms. The third-order valence-electron chi connectivity index (χ3n) is 2.40. The molecule has 0 saturated carbocycles. The van der Waals surface area contributed by atoms with Crippen molar-refractivity contribution >= 4 is 17.5 Å². The summed E-state index contributed by atoms with van der Waals surface area (Å²) < 4.78 is 0. The lowest BCUT2D eigenvalue weighted by atomic mass is 10.1. The number of H-pyrrole nitrogens is 1. The number of tetrazole rings is 1. The normalized spacial score (nSPS) is 12.2. The van der Waals surface area contributed by atoms with E-state index in [-0.39, 0.29) is 11.9 Å². The summed E-state index contributed by atoms with van der Waals surface area (Å²) in [7, 11) is 0. The van der Waals surface area contributed by atoms with Crippen LogP contribution in [0.3, 0.4) is 0 Å². The SMILES string of the molecule is Cc1cc(Cl)cc(C(=O)NC(C)c2nn[nH]n2)c1. The quantitative estimate of drug-likeness (QED) is 0.884. The van der Waals surface area contributed by atoms with Crippen molar-refractivity contribution < 1.29 is 4.79 Å². The van der Waals surface area contributed by atoms with Gasteiger partial charge in [-0.1, -0.05) is 16.8 Å². The highest BCUT2D eigenvalue weighted by atomic mass is 35.5. The second-order valence-corrected chi connectivity index (χ2v) is 4.42. The van der Waals surface area contributed by atoms with Crippen LogP contribution in [0.4, 0.5) is 0 Å². The third kappa shape index (κ3) is 2.84. The molecule has 1 aromatic carbocycles. The Bertz CT molecular complexity index is 534. The molecule has 0 saturated heterocycles. The van der Waals surface area contributed by atoms with Crippen molar-refractivity contribution in [3.63, 3.8) is 0 Å². The van der Waals surface area contributed by atoms with E-state index >= 15 is 0 Å². The number of rotatable bonds is 3. The zero-order valence-corrected chi connectivity index (χ0v) is 10.7. The molecular formula is C11H12ClN5O. The van der Waals surface area contributed by atoms with Gasteiger partial charge >= 0.3 is 0 Å². The molecule has 18 heavy (non-hydrogen) atoms. The van der Waals surface area contributed by atoms with Gasteiger partial charge in [-0.2, -0.15) is 5.21 Å². The Balaban J connectivity index is 2.12. The van der Waals surface area contributed by atoms with E-state index in [1.807, 2.05) is 6.92 Å². The molecule has 7 heteroatoms. The molecular weight excluding hydrogens is 254 g/mol. The Morgan fingerprint density at radius 3 is 2.83 bits per heavy atom. The standard InChI is InChI=1S/C11H12ClN5O/c1-6-3-8(5-9(12)4-6)11(18)13-7(2)10-14-16-17-15-10/h3-5,7H,1-2H3,(H,13,18)(H,14,15,16,17). The average Bonchev–Trinajstić information content (AvgIpc) is 2.80. The number of carbonyl (C=O) groups is 1. The lowest BCUT2D eigenvalue weighted by Gasteiger charge is -2.10. The monoisotopic (exact) mass is 265 g/mol. The summed E-state index contributed by atoms with van der Waals surface area (Å²) in [5, 5.41) is 16.7. The number of halogens is 1. The number of hydrogen-bond acceptors (Lipinski definition) is 4. The Morgan fingerprint density at radius 2 is 2.22 bits per heavy atom. The van der Waals surface area contributed by atoms with Crippen molar-refractivity contribution in [3.05, 3.63) is 40.2 Å². The van der Waals surface area contributed by atoms with E-state index in [1.165, 1.54) is 0 Å². The van der Waals surface area contributed by atoms with E-state index in [1.54, 1.807) is 25.1 Å². The Morgan fingerprint density at radius 1 is 1.44 bits per heavy atom. The van der Waals surface area contributed by atoms with Crippen molar-refractivity contribution in [2.24, 2.45) is 0 Å². The first-order valence-corrected chi connectivity index (χ1v) is 5.75. The largest absolute Gasteiger partial charge is 0.342 e. The molecule has 6 nitrogen and oxygen atoms in total. The zero-order valence-electron chi connectivity index (χ0n) is 9.94. The molecule has 0 fully saturated rings. The highest BCUT2D eigenvalue weighted by molar-refractivity contribution is 6.31. The number of nitrogens with zero attached hydrogens (tertiary/aromatic N) is 3. The smallest absolute Gasteiger partial charge is 0.251 e. The zero-order chi connectivity index (χ0) is 13.1. The fourth-order valence-electron chi connectivity index (χ4n) is 1.56. The number of benzene rings is 1. The molecule has 2 aromatic rings. The first-order chi connectivity index (χ1) is 8.56. The summed E-state index contributed by atoms with van der Waals surface area (Å²) in [6, 6.07) is 4.85. The van der Waals surface area contributed by atoms with Gasteiger partial charge in [0.05, 0.1) is 6.04 Å². The summed E-state index contributed by atoms with van der Waals surface area (Å²) >= 11 is 5.91. The highest BCUT2D eigenvalue weighted by Gasteiger charge is 2.15. The van der Waals surface area contributed by atoms with Gasteiger partial charge in [-0.3, -0.25) is 4.79 Å². The fraction of sp³-hybridized carbons (Fsp3) is 0.273. The van der Waals surface area contributed by atoms with Crippen LogP contribution in [-0.2, 0) is 0 Å². The van der Waals surface area contributed by atoms with Crippen molar-refractivity contribution in [1.29, 1.82) is 0 Å². The van der Waals surface area contributed by atoms with Crippen molar-refractivity contribution in [2.45, 2.75) is 19.9 Å². The molecule has 1 unspecified atom stereocenters. The highest BCUT2D eigenvalue weighted by Crippen LogP contribution is 2.15. The number of aryl methyl sites for hydroxylation is 1. The summed E-state index contributed by atoms with van der Waals surface area (Å²) in [6.45, 7) is 3.66. The molecule has 2 rings (SSSR count). The van der Waals surface area contributed by atoms with Gasteiger partial charge in [0.2, 0.25) is 0 Å². The Labute approximate surface area is 109 Å². The molecule has 1 aromatic heterocycles. The number of carbonyl (C=O) groups excluding carboxylic acids is 1. The van der Waals surface area contributed by atoms with Crippen LogP contribution in [-0.4, -0.2) is 26.5 Å². The van der Waals surface area contributed by atoms with E-state index < -0.39 is 0 Å². The van der Waals surface area contributed by atoms with E-state index in [4.69, 9.17) is 11.6 Å². The molecule has 0 aliphatic carbocycles. The fourth-order valence-corrected chi connectivity index (χ4v) is 1.85. The number of aromatic nitrogens is 4. The lowest BCUT2D eigenvalue weighted by molar-refractivity contribution is 0.0938. The number of amides is 1. The van der Waals surface area contributed by atoms with E-state index in [0.29, 0.717) is 16.4 Å². The minimum atomic E-state index is -0.324. The number of nitrogens with one attached hydrogen (secondary N) is 2. The predicted molar refractivity (Wildman–Crippen MR) is 66.2 cm³/mol. The van der Waals surface area contributed by atoms with E-state index in [2.05, 4.69) is 25.9 Å². The third-order valence-corrected chi connectivity index (χ3v) is 2.62. The molecule has 2 N–H and O–H groups in total. The summed E-state index contributed by atoms with van der Waals surface area (Å²) in [5.41, 5.74) is 1.44. The molecule has 94 valence electrons. The van der Waals surface area contributed by atoms with Crippen molar-refractivity contribution in [3.8, 4) is 0 Å². The van der Waals surface area contributed by atoms with Crippen LogP contribution in [0.2, 0.25) is 5.02 Å². The van der Waals surface area contributed by atoms with Gasteiger partial charge < -0.3 is 5.32 Å². The maximum absolute atomic E-state index is 12.0. The van der Waals surface area contributed by atoms with Crippen LogP contribution < -0.4 is 5.32 Å². The van der Waals surface area contributed by atoms with E-state index in [9.17, 15) is 4.79 Å². The maximum atomic E-state index is 12.0. The van der Waals surface area contributed by atoms with E-state index in [0.717, 1.165) is 5.56 Å². The van der Waals surface area contributed by atoms with Gasteiger partial charge in [0.15, 0.2) is 5.82 Å².